The fraction of sp³-hybridized carbons (Fsp3) is 0.400. The average molecular weight is 357 g/mol. The van der Waals surface area contributed by atoms with Crippen LogP contribution in [0.2, 0.25) is 0 Å². The first-order valence-electron chi connectivity index (χ1n) is 8.69. The largest absolute Gasteiger partial charge is 0.462 e. The van der Waals surface area contributed by atoms with Crippen molar-refractivity contribution in [3.8, 4) is 0 Å². The SMILES string of the molecule is CCOC(=O)c1c(NC(=O)c2ccc(C)cc2)sc2c1CC[C@H](C)C2. The highest BCUT2D eigenvalue weighted by Crippen LogP contribution is 2.40. The van der Waals surface area contributed by atoms with Crippen molar-refractivity contribution in [3.63, 3.8) is 0 Å². The van der Waals surface area contributed by atoms with E-state index in [9.17, 15) is 9.59 Å². The van der Waals surface area contributed by atoms with Crippen LogP contribution in [0.25, 0.3) is 0 Å². The summed E-state index contributed by atoms with van der Waals surface area (Å²) in [6.45, 7) is 6.32. The van der Waals surface area contributed by atoms with Gasteiger partial charge in [-0.05, 0) is 56.7 Å². The second-order valence-corrected chi connectivity index (χ2v) is 7.70. The van der Waals surface area contributed by atoms with E-state index in [-0.39, 0.29) is 11.9 Å². The van der Waals surface area contributed by atoms with Gasteiger partial charge in [0.15, 0.2) is 0 Å². The summed E-state index contributed by atoms with van der Waals surface area (Å²) >= 11 is 1.51. The van der Waals surface area contributed by atoms with Crippen LogP contribution in [0.1, 0.15) is 57.0 Å². The molecule has 132 valence electrons. The van der Waals surface area contributed by atoms with Crippen molar-refractivity contribution >= 4 is 28.2 Å². The molecule has 0 unspecified atom stereocenters. The third-order valence-electron chi connectivity index (χ3n) is 4.53. The third-order valence-corrected chi connectivity index (χ3v) is 5.70. The number of ether oxygens (including phenoxy) is 1. The van der Waals surface area contributed by atoms with Gasteiger partial charge >= 0.3 is 5.97 Å². The van der Waals surface area contributed by atoms with Crippen molar-refractivity contribution in [1.29, 1.82) is 0 Å². The van der Waals surface area contributed by atoms with Gasteiger partial charge in [-0.2, -0.15) is 0 Å². The molecule has 1 N–H and O–H groups in total. The minimum absolute atomic E-state index is 0.197. The summed E-state index contributed by atoms with van der Waals surface area (Å²) in [6, 6.07) is 7.40. The van der Waals surface area contributed by atoms with E-state index in [2.05, 4.69) is 12.2 Å². The Kier molecular flexibility index (Phi) is 5.23. The average Bonchev–Trinajstić information content (AvgIpc) is 2.92. The summed E-state index contributed by atoms with van der Waals surface area (Å²) in [5, 5.41) is 3.55. The maximum absolute atomic E-state index is 12.6. The number of thiophene rings is 1. The van der Waals surface area contributed by atoms with Crippen molar-refractivity contribution in [2.75, 3.05) is 11.9 Å². The highest BCUT2D eigenvalue weighted by Gasteiger charge is 2.29. The van der Waals surface area contributed by atoms with Crippen LogP contribution in [0.3, 0.4) is 0 Å². The van der Waals surface area contributed by atoms with Crippen LogP contribution in [-0.2, 0) is 17.6 Å². The maximum Gasteiger partial charge on any atom is 0.341 e. The van der Waals surface area contributed by atoms with Crippen LogP contribution in [-0.4, -0.2) is 18.5 Å². The molecule has 2 aromatic rings. The molecule has 1 amide bonds. The van der Waals surface area contributed by atoms with Gasteiger partial charge in [-0.3, -0.25) is 4.79 Å². The number of anilines is 1. The number of carbonyl (C=O) groups excluding carboxylic acids is 2. The Hall–Kier alpha value is -2.14. The van der Waals surface area contributed by atoms with Gasteiger partial charge in [-0.1, -0.05) is 24.6 Å². The van der Waals surface area contributed by atoms with Crippen molar-refractivity contribution in [2.24, 2.45) is 5.92 Å². The summed E-state index contributed by atoms with van der Waals surface area (Å²) in [7, 11) is 0. The summed E-state index contributed by atoms with van der Waals surface area (Å²) < 4.78 is 5.24. The fourth-order valence-electron chi connectivity index (χ4n) is 3.14. The van der Waals surface area contributed by atoms with Crippen molar-refractivity contribution in [1.82, 2.24) is 0 Å². The van der Waals surface area contributed by atoms with E-state index in [1.54, 1.807) is 19.1 Å². The molecule has 0 saturated heterocycles. The molecular formula is C20H23NO3S. The van der Waals surface area contributed by atoms with Gasteiger partial charge in [0.1, 0.15) is 5.00 Å². The first-order valence-corrected chi connectivity index (χ1v) is 9.51. The van der Waals surface area contributed by atoms with Gasteiger partial charge in [-0.25, -0.2) is 4.79 Å². The van der Waals surface area contributed by atoms with Gasteiger partial charge in [0.2, 0.25) is 0 Å². The van der Waals surface area contributed by atoms with Crippen LogP contribution in [0, 0.1) is 12.8 Å². The molecule has 0 saturated carbocycles. The maximum atomic E-state index is 12.6. The second-order valence-electron chi connectivity index (χ2n) is 6.60. The Bertz CT molecular complexity index is 792. The van der Waals surface area contributed by atoms with E-state index in [4.69, 9.17) is 4.74 Å². The second kappa shape index (κ2) is 7.40. The van der Waals surface area contributed by atoms with Gasteiger partial charge in [0, 0.05) is 10.4 Å². The number of esters is 1. The Morgan fingerprint density at radius 3 is 2.68 bits per heavy atom. The Labute approximate surface area is 152 Å². The molecule has 1 aromatic heterocycles. The number of fused-ring (bicyclic) bond motifs is 1. The molecule has 1 aromatic carbocycles. The highest BCUT2D eigenvalue weighted by atomic mass is 32.1. The molecule has 1 heterocycles. The minimum Gasteiger partial charge on any atom is -0.462 e. The zero-order chi connectivity index (χ0) is 18.0. The zero-order valence-electron chi connectivity index (χ0n) is 14.8. The number of hydrogen-bond acceptors (Lipinski definition) is 4. The van der Waals surface area contributed by atoms with E-state index in [0.717, 1.165) is 30.4 Å². The predicted molar refractivity (Wildman–Crippen MR) is 101 cm³/mol. The number of nitrogens with one attached hydrogen (secondary N) is 1. The molecule has 1 aliphatic carbocycles. The molecule has 1 aliphatic rings. The lowest BCUT2D eigenvalue weighted by molar-refractivity contribution is 0.0526. The fourth-order valence-corrected chi connectivity index (χ4v) is 4.53. The highest BCUT2D eigenvalue weighted by molar-refractivity contribution is 7.17. The van der Waals surface area contributed by atoms with E-state index in [1.807, 2.05) is 19.1 Å². The zero-order valence-corrected chi connectivity index (χ0v) is 15.7. The van der Waals surface area contributed by atoms with Gasteiger partial charge in [0.05, 0.1) is 12.2 Å². The standard InChI is InChI=1S/C20H23NO3S/c1-4-24-20(23)17-15-10-7-13(3)11-16(15)25-19(17)21-18(22)14-8-5-12(2)6-9-14/h5-6,8-9,13H,4,7,10-11H2,1-3H3,(H,21,22)/t13-/m0/s1. The molecular weight excluding hydrogens is 334 g/mol. The van der Waals surface area contributed by atoms with E-state index < -0.39 is 0 Å². The Morgan fingerprint density at radius 1 is 1.28 bits per heavy atom. The Morgan fingerprint density at radius 2 is 2.00 bits per heavy atom. The third kappa shape index (κ3) is 3.76. The van der Waals surface area contributed by atoms with Crippen LogP contribution >= 0.6 is 11.3 Å². The molecule has 0 spiro atoms. The molecule has 0 aliphatic heterocycles. The van der Waals surface area contributed by atoms with Crippen molar-refractivity contribution in [2.45, 2.75) is 40.0 Å². The lowest BCUT2D eigenvalue weighted by Gasteiger charge is -2.18. The topological polar surface area (TPSA) is 55.4 Å². The quantitative estimate of drug-likeness (QED) is 0.813. The van der Waals surface area contributed by atoms with E-state index in [1.165, 1.54) is 16.2 Å². The Balaban J connectivity index is 1.93. The normalized spacial score (nSPS) is 16.2. The van der Waals surface area contributed by atoms with Gasteiger partial charge in [0.25, 0.3) is 5.91 Å². The summed E-state index contributed by atoms with van der Waals surface area (Å²) in [6.07, 6.45) is 2.87. The molecule has 3 rings (SSSR count). The minimum atomic E-state index is -0.339. The number of rotatable bonds is 4. The van der Waals surface area contributed by atoms with E-state index >= 15 is 0 Å². The van der Waals surface area contributed by atoms with Crippen LogP contribution < -0.4 is 5.32 Å². The van der Waals surface area contributed by atoms with Crippen LogP contribution in [0.15, 0.2) is 24.3 Å². The summed E-state index contributed by atoms with van der Waals surface area (Å²) in [5.74, 6) is 0.0628. The van der Waals surface area contributed by atoms with Gasteiger partial charge < -0.3 is 10.1 Å². The number of carbonyl (C=O) groups is 2. The first-order chi connectivity index (χ1) is 12.0. The monoisotopic (exact) mass is 357 g/mol. The molecule has 0 bridgehead atoms. The number of aryl methyl sites for hydroxylation is 1. The van der Waals surface area contributed by atoms with Crippen molar-refractivity contribution < 1.29 is 14.3 Å². The number of hydrogen-bond donors (Lipinski definition) is 1. The molecule has 1 atom stereocenters. The van der Waals surface area contributed by atoms with Gasteiger partial charge in [-0.15, -0.1) is 11.3 Å². The lowest BCUT2D eigenvalue weighted by Crippen LogP contribution is -2.16. The summed E-state index contributed by atoms with van der Waals surface area (Å²) in [5.41, 5.74) is 3.29. The lowest BCUT2D eigenvalue weighted by atomic mass is 9.88. The van der Waals surface area contributed by atoms with Crippen molar-refractivity contribution in [3.05, 3.63) is 51.4 Å². The van der Waals surface area contributed by atoms with Crippen LogP contribution in [0.5, 0.6) is 0 Å². The predicted octanol–water partition coefficient (Wildman–Crippen LogP) is 4.61. The molecule has 0 fully saturated rings. The summed E-state index contributed by atoms with van der Waals surface area (Å²) in [4.78, 5) is 26.2. The first kappa shape index (κ1) is 17.7. The van der Waals surface area contributed by atoms with Crippen LogP contribution in [0.4, 0.5) is 5.00 Å². The smallest absolute Gasteiger partial charge is 0.341 e. The number of amides is 1. The molecule has 0 radical (unpaired) electrons. The molecule has 5 heteroatoms. The molecule has 25 heavy (non-hydrogen) atoms. The number of benzene rings is 1. The molecule has 4 nitrogen and oxygen atoms in total. The van der Waals surface area contributed by atoms with E-state index in [0.29, 0.717) is 28.7 Å².